The van der Waals surface area contributed by atoms with E-state index in [2.05, 4.69) is 10.6 Å². The number of carbonyl (C=O) groups excluding carboxylic acids is 1. The van der Waals surface area contributed by atoms with Gasteiger partial charge in [-0.25, -0.2) is 0 Å². The molecule has 0 aromatic heterocycles. The zero-order valence-corrected chi connectivity index (χ0v) is 13.5. The molecule has 1 heterocycles. The predicted molar refractivity (Wildman–Crippen MR) is 88.6 cm³/mol. The van der Waals surface area contributed by atoms with Crippen LogP contribution in [0, 0.1) is 5.92 Å². The molecule has 1 saturated heterocycles. The molecule has 2 aliphatic rings. The first-order chi connectivity index (χ1) is 11.2. The lowest BCUT2D eigenvalue weighted by Gasteiger charge is -2.23. The highest BCUT2D eigenvalue weighted by atomic mass is 16.5. The Bertz CT molecular complexity index is 512. The van der Waals surface area contributed by atoms with E-state index >= 15 is 0 Å². The van der Waals surface area contributed by atoms with Crippen LogP contribution >= 0.6 is 0 Å². The zero-order chi connectivity index (χ0) is 16.1. The van der Waals surface area contributed by atoms with E-state index in [1.165, 1.54) is 19.3 Å². The fourth-order valence-electron chi connectivity index (χ4n) is 3.31. The van der Waals surface area contributed by atoms with E-state index in [4.69, 9.17) is 4.74 Å². The Morgan fingerprint density at radius 3 is 2.57 bits per heavy atom. The van der Waals surface area contributed by atoms with Crippen molar-refractivity contribution < 1.29 is 14.6 Å². The molecule has 1 aromatic rings. The van der Waals surface area contributed by atoms with Crippen molar-refractivity contribution in [2.45, 2.75) is 44.3 Å². The molecule has 2 unspecified atom stereocenters. The minimum absolute atomic E-state index is 0.0906. The van der Waals surface area contributed by atoms with Crippen LogP contribution in [-0.2, 0) is 0 Å². The van der Waals surface area contributed by atoms with Crippen molar-refractivity contribution in [2.24, 2.45) is 5.92 Å². The Balaban J connectivity index is 1.48. The summed E-state index contributed by atoms with van der Waals surface area (Å²) in [6.45, 7) is 1.84. The number of hydrogen-bond acceptors (Lipinski definition) is 4. The molecule has 1 amide bonds. The third-order valence-corrected chi connectivity index (χ3v) is 4.80. The number of carbonyl (C=O) groups is 1. The van der Waals surface area contributed by atoms with Gasteiger partial charge in [0, 0.05) is 31.1 Å². The number of ether oxygens (including phenoxy) is 1. The van der Waals surface area contributed by atoms with Crippen molar-refractivity contribution in [1.29, 1.82) is 0 Å². The van der Waals surface area contributed by atoms with Crippen molar-refractivity contribution in [2.75, 3.05) is 19.6 Å². The number of hydrogen-bond donors (Lipinski definition) is 3. The highest BCUT2D eigenvalue weighted by molar-refractivity contribution is 5.94. The average Bonchev–Trinajstić information content (AvgIpc) is 2.99. The van der Waals surface area contributed by atoms with Crippen molar-refractivity contribution in [3.63, 3.8) is 0 Å². The Morgan fingerprint density at radius 1 is 1.17 bits per heavy atom. The molecular formula is C18H26N2O3. The fraction of sp³-hybridized carbons (Fsp3) is 0.611. The van der Waals surface area contributed by atoms with Crippen LogP contribution in [0.15, 0.2) is 24.3 Å². The van der Waals surface area contributed by atoms with E-state index in [1.54, 1.807) is 12.1 Å². The van der Waals surface area contributed by atoms with E-state index in [0.29, 0.717) is 24.8 Å². The molecule has 2 fully saturated rings. The lowest BCUT2D eigenvalue weighted by Crippen LogP contribution is -2.34. The average molecular weight is 318 g/mol. The molecular weight excluding hydrogens is 292 g/mol. The lowest BCUT2D eigenvalue weighted by atomic mass is 9.98. The minimum atomic E-state index is -0.374. The Labute approximate surface area is 137 Å². The van der Waals surface area contributed by atoms with Crippen LogP contribution in [0.1, 0.15) is 42.5 Å². The van der Waals surface area contributed by atoms with Gasteiger partial charge in [0.1, 0.15) is 5.75 Å². The molecule has 1 aliphatic carbocycles. The number of benzene rings is 1. The van der Waals surface area contributed by atoms with Crippen LogP contribution in [0.3, 0.4) is 0 Å². The third-order valence-electron chi connectivity index (χ3n) is 4.80. The summed E-state index contributed by atoms with van der Waals surface area (Å²) in [6.07, 6.45) is 5.99. The third kappa shape index (κ3) is 4.45. The molecule has 2 atom stereocenters. The number of aliphatic hydroxyl groups excluding tert-OH is 1. The quantitative estimate of drug-likeness (QED) is 0.773. The first-order valence-electron chi connectivity index (χ1n) is 8.66. The van der Waals surface area contributed by atoms with Crippen LogP contribution in [-0.4, -0.2) is 42.9 Å². The van der Waals surface area contributed by atoms with Crippen LogP contribution in [0.25, 0.3) is 0 Å². The maximum atomic E-state index is 12.2. The number of β-amino-alcohol motifs (C(OH)–C–C–N with tert-alkyl or cyclic N) is 1. The molecule has 126 valence electrons. The van der Waals surface area contributed by atoms with Crippen LogP contribution in [0.4, 0.5) is 0 Å². The predicted octanol–water partition coefficient (Wildman–Crippen LogP) is 1.71. The molecule has 5 nitrogen and oxygen atoms in total. The second-order valence-corrected chi connectivity index (χ2v) is 6.60. The lowest BCUT2D eigenvalue weighted by molar-refractivity contribution is 0.0927. The van der Waals surface area contributed by atoms with Crippen LogP contribution in [0.2, 0.25) is 0 Å². The van der Waals surface area contributed by atoms with E-state index in [1.807, 2.05) is 12.1 Å². The normalized spacial score (nSPS) is 25.3. The summed E-state index contributed by atoms with van der Waals surface area (Å²) in [4.78, 5) is 12.2. The number of aliphatic hydroxyl groups is 1. The van der Waals surface area contributed by atoms with Crippen LogP contribution < -0.4 is 15.4 Å². The van der Waals surface area contributed by atoms with Gasteiger partial charge in [-0.15, -0.1) is 0 Å². The smallest absolute Gasteiger partial charge is 0.251 e. The van der Waals surface area contributed by atoms with E-state index in [0.717, 1.165) is 25.1 Å². The molecule has 3 rings (SSSR count). The van der Waals surface area contributed by atoms with E-state index < -0.39 is 0 Å². The fourth-order valence-corrected chi connectivity index (χ4v) is 3.31. The summed E-state index contributed by atoms with van der Waals surface area (Å²) >= 11 is 0. The van der Waals surface area contributed by atoms with Gasteiger partial charge in [-0.2, -0.15) is 0 Å². The first kappa shape index (κ1) is 16.3. The van der Waals surface area contributed by atoms with Crippen molar-refractivity contribution in [3.8, 4) is 5.75 Å². The number of amides is 1. The molecule has 3 N–H and O–H groups in total. The SMILES string of the molecule is O=C(NCC1CNCC1O)c1ccc(OC2CCCCC2)cc1. The van der Waals surface area contributed by atoms with Gasteiger partial charge in [0.25, 0.3) is 5.91 Å². The van der Waals surface area contributed by atoms with Gasteiger partial charge in [0.05, 0.1) is 12.2 Å². The Kier molecular flexibility index (Phi) is 5.51. The maximum Gasteiger partial charge on any atom is 0.251 e. The summed E-state index contributed by atoms with van der Waals surface area (Å²) in [5.74, 6) is 0.824. The molecule has 23 heavy (non-hydrogen) atoms. The van der Waals surface area contributed by atoms with Gasteiger partial charge in [-0.05, 0) is 49.9 Å². The molecule has 1 aromatic carbocycles. The summed E-state index contributed by atoms with van der Waals surface area (Å²) in [5.41, 5.74) is 0.626. The monoisotopic (exact) mass is 318 g/mol. The Hall–Kier alpha value is -1.59. The zero-order valence-electron chi connectivity index (χ0n) is 13.5. The van der Waals surface area contributed by atoms with Crippen LogP contribution in [0.5, 0.6) is 5.75 Å². The molecule has 1 aliphatic heterocycles. The van der Waals surface area contributed by atoms with E-state index in [-0.39, 0.29) is 17.9 Å². The highest BCUT2D eigenvalue weighted by Gasteiger charge is 2.25. The molecule has 1 saturated carbocycles. The molecule has 0 radical (unpaired) electrons. The van der Waals surface area contributed by atoms with Gasteiger partial charge in [-0.3, -0.25) is 4.79 Å². The van der Waals surface area contributed by atoms with Gasteiger partial charge < -0.3 is 20.5 Å². The maximum absolute atomic E-state index is 12.2. The number of rotatable bonds is 5. The van der Waals surface area contributed by atoms with Crippen molar-refractivity contribution in [3.05, 3.63) is 29.8 Å². The molecule has 0 spiro atoms. The summed E-state index contributed by atoms with van der Waals surface area (Å²) in [6, 6.07) is 7.35. The van der Waals surface area contributed by atoms with Crippen molar-refractivity contribution in [1.82, 2.24) is 10.6 Å². The minimum Gasteiger partial charge on any atom is -0.490 e. The van der Waals surface area contributed by atoms with Gasteiger partial charge in [-0.1, -0.05) is 6.42 Å². The first-order valence-corrected chi connectivity index (χ1v) is 8.66. The summed E-state index contributed by atoms with van der Waals surface area (Å²) in [5, 5.41) is 15.7. The topological polar surface area (TPSA) is 70.6 Å². The summed E-state index contributed by atoms with van der Waals surface area (Å²) in [7, 11) is 0. The largest absolute Gasteiger partial charge is 0.490 e. The Morgan fingerprint density at radius 2 is 1.91 bits per heavy atom. The highest BCUT2D eigenvalue weighted by Crippen LogP contribution is 2.23. The van der Waals surface area contributed by atoms with Crippen molar-refractivity contribution >= 4 is 5.91 Å². The second kappa shape index (κ2) is 7.79. The van der Waals surface area contributed by atoms with Gasteiger partial charge in [0.2, 0.25) is 0 Å². The molecule has 0 bridgehead atoms. The van der Waals surface area contributed by atoms with Gasteiger partial charge in [0.15, 0.2) is 0 Å². The van der Waals surface area contributed by atoms with Gasteiger partial charge >= 0.3 is 0 Å². The number of nitrogens with one attached hydrogen (secondary N) is 2. The second-order valence-electron chi connectivity index (χ2n) is 6.60. The van der Waals surface area contributed by atoms with E-state index in [9.17, 15) is 9.90 Å². The summed E-state index contributed by atoms with van der Waals surface area (Å²) < 4.78 is 5.97. The molecule has 5 heteroatoms. The standard InChI is InChI=1S/C18H26N2O3/c21-17-12-19-10-14(17)11-20-18(22)13-6-8-16(9-7-13)23-15-4-2-1-3-5-15/h6-9,14-15,17,19,21H,1-5,10-12H2,(H,20,22).